The molecule has 100 valence electrons. The van der Waals surface area contributed by atoms with Crippen LogP contribution in [0.4, 0.5) is 0 Å². The van der Waals surface area contributed by atoms with Crippen molar-refractivity contribution < 1.29 is 5.11 Å². The van der Waals surface area contributed by atoms with E-state index in [4.69, 9.17) is 0 Å². The maximum absolute atomic E-state index is 10.4. The highest BCUT2D eigenvalue weighted by Crippen LogP contribution is 2.37. The standard InChI is InChI=1S/C17H16N2O/c20-17-13(9-12-5-1-2-6-15(12)17)10-14-11-19-8-4-3-7-16(19)18-14/h1-8,11,13,17,20H,9-10H2. The van der Waals surface area contributed by atoms with E-state index in [0.717, 1.165) is 29.7 Å². The Morgan fingerprint density at radius 3 is 2.85 bits per heavy atom. The average Bonchev–Trinajstić information content (AvgIpc) is 3.01. The second-order valence-electron chi connectivity index (χ2n) is 5.51. The molecule has 2 unspecified atom stereocenters. The zero-order valence-electron chi connectivity index (χ0n) is 11.1. The first-order valence-corrected chi connectivity index (χ1v) is 7.00. The number of rotatable bonds is 2. The Morgan fingerprint density at radius 2 is 2.00 bits per heavy atom. The fourth-order valence-electron chi connectivity index (χ4n) is 3.19. The van der Waals surface area contributed by atoms with E-state index >= 15 is 0 Å². The summed E-state index contributed by atoms with van der Waals surface area (Å²) in [5.41, 5.74) is 4.37. The van der Waals surface area contributed by atoms with Gasteiger partial charge in [-0.3, -0.25) is 0 Å². The summed E-state index contributed by atoms with van der Waals surface area (Å²) in [4.78, 5) is 4.63. The highest BCUT2D eigenvalue weighted by Gasteiger charge is 2.30. The molecule has 4 rings (SSSR count). The minimum Gasteiger partial charge on any atom is -0.388 e. The number of aliphatic hydroxyl groups is 1. The Labute approximate surface area is 117 Å². The van der Waals surface area contributed by atoms with Gasteiger partial charge in [0.05, 0.1) is 11.8 Å². The van der Waals surface area contributed by atoms with Crippen molar-refractivity contribution >= 4 is 5.65 Å². The van der Waals surface area contributed by atoms with Crippen LogP contribution >= 0.6 is 0 Å². The van der Waals surface area contributed by atoms with E-state index in [0.29, 0.717) is 0 Å². The number of aromatic nitrogens is 2. The molecule has 3 aromatic rings. The van der Waals surface area contributed by atoms with Crippen LogP contribution < -0.4 is 0 Å². The molecule has 20 heavy (non-hydrogen) atoms. The van der Waals surface area contributed by atoms with Crippen molar-refractivity contribution in [1.82, 2.24) is 9.38 Å². The topological polar surface area (TPSA) is 37.5 Å². The van der Waals surface area contributed by atoms with Gasteiger partial charge in [0.25, 0.3) is 0 Å². The minimum absolute atomic E-state index is 0.234. The molecule has 0 spiro atoms. The van der Waals surface area contributed by atoms with Gasteiger partial charge in [0.2, 0.25) is 0 Å². The Bertz CT molecular complexity index is 729. The van der Waals surface area contributed by atoms with Gasteiger partial charge in [0.15, 0.2) is 0 Å². The zero-order chi connectivity index (χ0) is 13.5. The highest BCUT2D eigenvalue weighted by molar-refractivity contribution is 5.40. The maximum atomic E-state index is 10.4. The summed E-state index contributed by atoms with van der Waals surface area (Å²) < 4.78 is 2.03. The molecule has 1 aliphatic rings. The lowest BCUT2D eigenvalue weighted by molar-refractivity contribution is 0.123. The number of benzene rings is 1. The van der Waals surface area contributed by atoms with Gasteiger partial charge < -0.3 is 9.51 Å². The fourth-order valence-corrected chi connectivity index (χ4v) is 3.19. The molecule has 0 aliphatic heterocycles. The van der Waals surface area contributed by atoms with Crippen LogP contribution in [0.1, 0.15) is 22.9 Å². The molecule has 0 radical (unpaired) electrons. The lowest BCUT2D eigenvalue weighted by Crippen LogP contribution is -2.10. The zero-order valence-corrected chi connectivity index (χ0v) is 11.1. The molecular weight excluding hydrogens is 248 g/mol. The van der Waals surface area contributed by atoms with Gasteiger partial charge in [0, 0.05) is 12.4 Å². The third-order valence-corrected chi connectivity index (χ3v) is 4.19. The molecule has 1 N–H and O–H groups in total. The van der Waals surface area contributed by atoms with Crippen molar-refractivity contribution in [1.29, 1.82) is 0 Å². The summed E-state index contributed by atoms with van der Waals surface area (Å²) in [7, 11) is 0. The first-order chi connectivity index (χ1) is 9.81. The van der Waals surface area contributed by atoms with E-state index in [-0.39, 0.29) is 12.0 Å². The summed E-state index contributed by atoms with van der Waals surface area (Å²) in [5, 5.41) is 10.4. The van der Waals surface area contributed by atoms with Crippen molar-refractivity contribution in [2.75, 3.05) is 0 Å². The van der Waals surface area contributed by atoms with E-state index in [1.54, 1.807) is 0 Å². The molecule has 0 amide bonds. The van der Waals surface area contributed by atoms with E-state index in [9.17, 15) is 5.11 Å². The van der Waals surface area contributed by atoms with Crippen LogP contribution in [-0.4, -0.2) is 14.5 Å². The molecule has 0 fully saturated rings. The molecular formula is C17H16N2O. The van der Waals surface area contributed by atoms with Crippen molar-refractivity contribution in [3.63, 3.8) is 0 Å². The summed E-state index contributed by atoms with van der Waals surface area (Å²) in [5.74, 6) is 0.234. The lowest BCUT2D eigenvalue weighted by atomic mass is 9.98. The molecule has 0 saturated heterocycles. The normalized spacial score (nSPS) is 21.2. The Hall–Kier alpha value is -2.13. The van der Waals surface area contributed by atoms with Crippen molar-refractivity contribution in [2.24, 2.45) is 5.92 Å². The van der Waals surface area contributed by atoms with Crippen LogP contribution in [0, 0.1) is 5.92 Å². The van der Waals surface area contributed by atoms with Crippen LogP contribution in [0.5, 0.6) is 0 Å². The van der Waals surface area contributed by atoms with Gasteiger partial charge >= 0.3 is 0 Å². The summed E-state index contributed by atoms with van der Waals surface area (Å²) in [6.45, 7) is 0. The lowest BCUT2D eigenvalue weighted by Gasteiger charge is -2.13. The largest absolute Gasteiger partial charge is 0.388 e. The number of pyridine rings is 1. The van der Waals surface area contributed by atoms with Gasteiger partial charge in [-0.2, -0.15) is 0 Å². The maximum Gasteiger partial charge on any atom is 0.136 e. The predicted molar refractivity (Wildman–Crippen MR) is 77.5 cm³/mol. The third-order valence-electron chi connectivity index (χ3n) is 4.19. The minimum atomic E-state index is -0.365. The number of aliphatic hydroxyl groups excluding tert-OH is 1. The molecule has 2 heterocycles. The number of hydrogen-bond acceptors (Lipinski definition) is 2. The van der Waals surface area contributed by atoms with Gasteiger partial charge in [0.1, 0.15) is 5.65 Å². The van der Waals surface area contributed by atoms with Crippen LogP contribution in [0.2, 0.25) is 0 Å². The highest BCUT2D eigenvalue weighted by atomic mass is 16.3. The number of imidazole rings is 1. The third kappa shape index (κ3) is 1.82. The molecule has 3 heteroatoms. The predicted octanol–water partition coefficient (Wildman–Crippen LogP) is 2.78. The van der Waals surface area contributed by atoms with Gasteiger partial charge in [-0.25, -0.2) is 4.98 Å². The van der Waals surface area contributed by atoms with Gasteiger partial charge in [-0.15, -0.1) is 0 Å². The second-order valence-corrected chi connectivity index (χ2v) is 5.51. The average molecular weight is 264 g/mol. The molecule has 1 aliphatic carbocycles. The monoisotopic (exact) mass is 264 g/mol. The molecule has 2 aromatic heterocycles. The van der Waals surface area contributed by atoms with Crippen LogP contribution in [-0.2, 0) is 12.8 Å². The smallest absolute Gasteiger partial charge is 0.136 e. The fraction of sp³-hybridized carbons (Fsp3) is 0.235. The van der Waals surface area contributed by atoms with Crippen molar-refractivity contribution in [3.05, 3.63) is 71.7 Å². The van der Waals surface area contributed by atoms with E-state index in [2.05, 4.69) is 17.2 Å². The summed E-state index contributed by atoms with van der Waals surface area (Å²) in [6, 6.07) is 14.2. The number of nitrogens with zero attached hydrogens (tertiary/aromatic N) is 2. The Morgan fingerprint density at radius 1 is 1.15 bits per heavy atom. The SMILES string of the molecule is OC1c2ccccc2CC1Cc1cn2ccccc2n1. The summed E-state index contributed by atoms with van der Waals surface area (Å²) >= 11 is 0. The van der Waals surface area contributed by atoms with Gasteiger partial charge in [-0.05, 0) is 42.0 Å². The molecule has 1 aromatic carbocycles. The first kappa shape index (κ1) is 11.7. The van der Waals surface area contributed by atoms with Crippen molar-refractivity contribution in [2.45, 2.75) is 18.9 Å². The second kappa shape index (κ2) is 4.46. The first-order valence-electron chi connectivity index (χ1n) is 7.00. The van der Waals surface area contributed by atoms with E-state index < -0.39 is 0 Å². The number of hydrogen-bond donors (Lipinski definition) is 1. The quantitative estimate of drug-likeness (QED) is 0.773. The molecule has 0 bridgehead atoms. The van der Waals surface area contributed by atoms with E-state index in [1.165, 1.54) is 5.56 Å². The summed E-state index contributed by atoms with van der Waals surface area (Å²) in [6.07, 6.45) is 5.45. The molecule has 3 nitrogen and oxygen atoms in total. The van der Waals surface area contributed by atoms with Crippen LogP contribution in [0.3, 0.4) is 0 Å². The number of fused-ring (bicyclic) bond motifs is 2. The molecule has 2 atom stereocenters. The Balaban J connectivity index is 1.61. The van der Waals surface area contributed by atoms with E-state index in [1.807, 2.05) is 47.0 Å². The molecule has 0 saturated carbocycles. The Kier molecular flexibility index (Phi) is 2.60. The van der Waals surface area contributed by atoms with Gasteiger partial charge in [-0.1, -0.05) is 30.3 Å². The van der Waals surface area contributed by atoms with Crippen molar-refractivity contribution in [3.8, 4) is 0 Å². The van der Waals surface area contributed by atoms with Crippen LogP contribution in [0.15, 0.2) is 54.9 Å². The van der Waals surface area contributed by atoms with Crippen LogP contribution in [0.25, 0.3) is 5.65 Å².